The third kappa shape index (κ3) is 4.42. The SMILES string of the molecule is CCCCC(CC)N1CCCC(NC)CC1. The third-order valence-corrected chi connectivity index (χ3v) is 4.05. The summed E-state index contributed by atoms with van der Waals surface area (Å²) in [4.78, 5) is 2.74. The van der Waals surface area contributed by atoms with Crippen LogP contribution in [-0.2, 0) is 0 Å². The molecule has 2 atom stereocenters. The van der Waals surface area contributed by atoms with E-state index in [1.807, 2.05) is 0 Å². The van der Waals surface area contributed by atoms with Gasteiger partial charge < -0.3 is 10.2 Å². The monoisotopic (exact) mass is 226 g/mol. The van der Waals surface area contributed by atoms with Crippen molar-refractivity contribution in [2.24, 2.45) is 0 Å². The van der Waals surface area contributed by atoms with E-state index in [4.69, 9.17) is 0 Å². The van der Waals surface area contributed by atoms with Crippen molar-refractivity contribution in [3.8, 4) is 0 Å². The molecule has 1 N–H and O–H groups in total. The molecule has 16 heavy (non-hydrogen) atoms. The minimum absolute atomic E-state index is 0.758. The van der Waals surface area contributed by atoms with Gasteiger partial charge in [0.2, 0.25) is 0 Å². The number of likely N-dealkylation sites (tertiary alicyclic amines) is 1. The Balaban J connectivity index is 2.38. The van der Waals surface area contributed by atoms with E-state index in [2.05, 4.69) is 31.1 Å². The summed E-state index contributed by atoms with van der Waals surface area (Å²) in [6.07, 6.45) is 9.51. The fourth-order valence-corrected chi connectivity index (χ4v) is 2.86. The molecule has 2 unspecified atom stereocenters. The first-order valence-corrected chi connectivity index (χ1v) is 7.23. The molecule has 0 spiro atoms. The molecule has 0 aromatic heterocycles. The predicted molar refractivity (Wildman–Crippen MR) is 71.9 cm³/mol. The average molecular weight is 226 g/mol. The molecule has 1 aliphatic heterocycles. The molecule has 0 radical (unpaired) electrons. The van der Waals surface area contributed by atoms with Crippen molar-refractivity contribution in [1.29, 1.82) is 0 Å². The number of unbranched alkanes of at least 4 members (excludes halogenated alkanes) is 1. The molecule has 0 aromatic carbocycles. The lowest BCUT2D eigenvalue weighted by atomic mass is 10.1. The topological polar surface area (TPSA) is 15.3 Å². The lowest BCUT2D eigenvalue weighted by Crippen LogP contribution is -2.36. The van der Waals surface area contributed by atoms with Gasteiger partial charge in [-0.1, -0.05) is 26.7 Å². The molecule has 2 heteroatoms. The fraction of sp³-hybridized carbons (Fsp3) is 1.00. The summed E-state index contributed by atoms with van der Waals surface area (Å²) < 4.78 is 0. The van der Waals surface area contributed by atoms with Gasteiger partial charge in [0.05, 0.1) is 0 Å². The van der Waals surface area contributed by atoms with Crippen molar-refractivity contribution in [3.05, 3.63) is 0 Å². The van der Waals surface area contributed by atoms with Gasteiger partial charge in [0.1, 0.15) is 0 Å². The van der Waals surface area contributed by atoms with Crippen LogP contribution in [0.3, 0.4) is 0 Å². The van der Waals surface area contributed by atoms with Gasteiger partial charge in [0, 0.05) is 12.1 Å². The Morgan fingerprint density at radius 2 is 2.06 bits per heavy atom. The van der Waals surface area contributed by atoms with Gasteiger partial charge in [-0.05, 0) is 52.2 Å². The van der Waals surface area contributed by atoms with Crippen molar-refractivity contribution in [3.63, 3.8) is 0 Å². The average Bonchev–Trinajstić information content (AvgIpc) is 2.55. The fourth-order valence-electron chi connectivity index (χ4n) is 2.86. The molecule has 1 saturated heterocycles. The van der Waals surface area contributed by atoms with Crippen LogP contribution >= 0.6 is 0 Å². The smallest absolute Gasteiger partial charge is 0.00926 e. The molecule has 0 aromatic rings. The molecule has 1 heterocycles. The van der Waals surface area contributed by atoms with Crippen LogP contribution in [-0.4, -0.2) is 37.1 Å². The van der Waals surface area contributed by atoms with E-state index in [0.717, 1.165) is 12.1 Å². The van der Waals surface area contributed by atoms with E-state index in [-0.39, 0.29) is 0 Å². The highest BCUT2D eigenvalue weighted by Gasteiger charge is 2.20. The minimum Gasteiger partial charge on any atom is -0.317 e. The van der Waals surface area contributed by atoms with E-state index in [9.17, 15) is 0 Å². The van der Waals surface area contributed by atoms with Crippen LogP contribution in [0, 0.1) is 0 Å². The molecular formula is C14H30N2. The van der Waals surface area contributed by atoms with E-state index in [0.29, 0.717) is 0 Å². The van der Waals surface area contributed by atoms with Crippen LogP contribution in [0.15, 0.2) is 0 Å². The summed E-state index contributed by atoms with van der Waals surface area (Å²) in [6, 6.07) is 1.60. The second-order valence-corrected chi connectivity index (χ2v) is 5.16. The van der Waals surface area contributed by atoms with E-state index < -0.39 is 0 Å². The van der Waals surface area contributed by atoms with Crippen molar-refractivity contribution >= 4 is 0 Å². The Labute approximate surface area is 102 Å². The first kappa shape index (κ1) is 14.0. The first-order valence-electron chi connectivity index (χ1n) is 7.23. The highest BCUT2D eigenvalue weighted by Crippen LogP contribution is 2.18. The molecule has 1 aliphatic rings. The minimum atomic E-state index is 0.758. The Hall–Kier alpha value is -0.0800. The zero-order chi connectivity index (χ0) is 11.8. The highest BCUT2D eigenvalue weighted by molar-refractivity contribution is 4.78. The molecule has 2 nitrogen and oxygen atoms in total. The molecule has 0 aliphatic carbocycles. The van der Waals surface area contributed by atoms with Crippen molar-refractivity contribution < 1.29 is 0 Å². The number of nitrogens with one attached hydrogen (secondary N) is 1. The summed E-state index contributed by atoms with van der Waals surface area (Å²) in [5.74, 6) is 0. The maximum Gasteiger partial charge on any atom is 0.00926 e. The van der Waals surface area contributed by atoms with Crippen LogP contribution in [0.25, 0.3) is 0 Å². The zero-order valence-corrected chi connectivity index (χ0v) is 11.5. The Bertz CT molecular complexity index is 170. The number of hydrogen-bond acceptors (Lipinski definition) is 2. The third-order valence-electron chi connectivity index (χ3n) is 4.05. The summed E-state index contributed by atoms with van der Waals surface area (Å²) in [6.45, 7) is 7.26. The predicted octanol–water partition coefficient (Wildman–Crippen LogP) is 3.03. The van der Waals surface area contributed by atoms with Crippen LogP contribution in [0.5, 0.6) is 0 Å². The largest absolute Gasteiger partial charge is 0.317 e. The summed E-state index contributed by atoms with van der Waals surface area (Å²) >= 11 is 0. The second kappa shape index (κ2) is 8.08. The molecular weight excluding hydrogens is 196 g/mol. The lowest BCUT2D eigenvalue weighted by molar-refractivity contribution is 0.184. The normalized spacial score (nSPS) is 25.3. The summed E-state index contributed by atoms with van der Waals surface area (Å²) in [7, 11) is 2.11. The summed E-state index contributed by atoms with van der Waals surface area (Å²) in [5.41, 5.74) is 0. The Kier molecular flexibility index (Phi) is 7.06. The Morgan fingerprint density at radius 3 is 2.69 bits per heavy atom. The molecule has 0 saturated carbocycles. The van der Waals surface area contributed by atoms with Gasteiger partial charge in [0.25, 0.3) is 0 Å². The van der Waals surface area contributed by atoms with Gasteiger partial charge >= 0.3 is 0 Å². The number of nitrogens with zero attached hydrogens (tertiary/aromatic N) is 1. The maximum absolute atomic E-state index is 3.44. The van der Waals surface area contributed by atoms with E-state index in [1.165, 1.54) is 58.0 Å². The number of hydrogen-bond donors (Lipinski definition) is 1. The number of rotatable bonds is 6. The quantitative estimate of drug-likeness (QED) is 0.749. The molecule has 0 bridgehead atoms. The van der Waals surface area contributed by atoms with Gasteiger partial charge in [-0.15, -0.1) is 0 Å². The molecule has 1 fully saturated rings. The van der Waals surface area contributed by atoms with Crippen LogP contribution in [0.1, 0.15) is 58.8 Å². The molecule has 1 rings (SSSR count). The standard InChI is InChI=1S/C14H30N2/c1-4-6-9-14(5-2)16-11-7-8-13(15-3)10-12-16/h13-15H,4-12H2,1-3H3. The van der Waals surface area contributed by atoms with Crippen molar-refractivity contribution in [1.82, 2.24) is 10.2 Å². The van der Waals surface area contributed by atoms with Crippen molar-refractivity contribution in [2.45, 2.75) is 70.9 Å². The van der Waals surface area contributed by atoms with Gasteiger partial charge in [-0.25, -0.2) is 0 Å². The van der Waals surface area contributed by atoms with Crippen LogP contribution in [0.4, 0.5) is 0 Å². The van der Waals surface area contributed by atoms with Gasteiger partial charge in [0.15, 0.2) is 0 Å². The zero-order valence-electron chi connectivity index (χ0n) is 11.5. The van der Waals surface area contributed by atoms with E-state index >= 15 is 0 Å². The Morgan fingerprint density at radius 1 is 1.25 bits per heavy atom. The summed E-state index contributed by atoms with van der Waals surface area (Å²) in [5, 5.41) is 3.44. The first-order chi connectivity index (χ1) is 7.81. The molecule has 0 amide bonds. The maximum atomic E-state index is 3.44. The molecule has 96 valence electrons. The lowest BCUT2D eigenvalue weighted by Gasteiger charge is -2.30. The highest BCUT2D eigenvalue weighted by atomic mass is 15.2. The van der Waals surface area contributed by atoms with Crippen LogP contribution in [0.2, 0.25) is 0 Å². The van der Waals surface area contributed by atoms with Gasteiger partial charge in [-0.2, -0.15) is 0 Å². The van der Waals surface area contributed by atoms with Crippen molar-refractivity contribution in [2.75, 3.05) is 20.1 Å². The second-order valence-electron chi connectivity index (χ2n) is 5.16. The van der Waals surface area contributed by atoms with E-state index in [1.54, 1.807) is 0 Å². The van der Waals surface area contributed by atoms with Crippen LogP contribution < -0.4 is 5.32 Å². The van der Waals surface area contributed by atoms with Gasteiger partial charge in [-0.3, -0.25) is 0 Å².